The Morgan fingerprint density at radius 1 is 0.595 bits per heavy atom. The van der Waals surface area contributed by atoms with Crippen molar-refractivity contribution in [3.05, 3.63) is 96.1 Å². The molecule has 7 heteroatoms. The summed E-state index contributed by atoms with van der Waals surface area (Å²) < 4.78 is 54.6. The summed E-state index contributed by atoms with van der Waals surface area (Å²) in [5.41, 5.74) is 5.69. The first kappa shape index (κ1) is 22.3. The average Bonchev–Trinajstić information content (AvgIpc) is 3.24. The third-order valence-corrected chi connectivity index (χ3v) is 11.0. The zero-order valence-corrected chi connectivity index (χ0v) is 21.7. The van der Waals surface area contributed by atoms with Crippen LogP contribution in [0.15, 0.2) is 105 Å². The van der Waals surface area contributed by atoms with Crippen molar-refractivity contribution < 1.29 is 16.8 Å². The predicted molar refractivity (Wildman–Crippen MR) is 145 cm³/mol. The number of nitrogens with one attached hydrogen (secondary N) is 1. The van der Waals surface area contributed by atoms with Crippen LogP contribution in [-0.2, 0) is 19.7 Å². The van der Waals surface area contributed by atoms with E-state index in [1.54, 1.807) is 30.3 Å². The summed E-state index contributed by atoms with van der Waals surface area (Å²) in [7, 11) is -7.63. The molecule has 5 aromatic rings. The van der Waals surface area contributed by atoms with Gasteiger partial charge in [0, 0.05) is 33.6 Å². The van der Waals surface area contributed by atoms with Crippen LogP contribution in [0.25, 0.3) is 33.0 Å². The molecule has 37 heavy (non-hydrogen) atoms. The van der Waals surface area contributed by atoms with Gasteiger partial charge in [0.2, 0.25) is 19.7 Å². The van der Waals surface area contributed by atoms with E-state index in [1.165, 1.54) is 6.07 Å². The molecular formula is C30H21NO4S2. The van der Waals surface area contributed by atoms with Crippen LogP contribution in [0.5, 0.6) is 0 Å². The Labute approximate surface area is 215 Å². The van der Waals surface area contributed by atoms with Crippen LogP contribution in [0.2, 0.25) is 0 Å². The van der Waals surface area contributed by atoms with E-state index in [-0.39, 0.29) is 19.6 Å². The number of hydrogen-bond acceptors (Lipinski definition) is 5. The number of fused-ring (bicyclic) bond motifs is 8. The standard InChI is InChI=1S/C30H21NO4S2/c1-17-7-11-25(18(2)13-17)31-20-9-10-22-23-15-29-24(16-28(23)37(34,35)27(22)14-20)30-21-6-4-3-5-19(21)8-12-26(30)36(29,32)33/h3-16,31H,1-2H3. The Kier molecular flexibility index (Phi) is 4.40. The molecule has 2 aliphatic heterocycles. The molecule has 182 valence electrons. The number of rotatable bonds is 2. The van der Waals surface area contributed by atoms with E-state index < -0.39 is 19.7 Å². The second-order valence-electron chi connectivity index (χ2n) is 9.67. The molecule has 5 nitrogen and oxygen atoms in total. The Bertz CT molecular complexity index is 2060. The van der Waals surface area contributed by atoms with Gasteiger partial charge in [-0.1, -0.05) is 54.1 Å². The van der Waals surface area contributed by atoms with Gasteiger partial charge in [0.25, 0.3) is 0 Å². The van der Waals surface area contributed by atoms with E-state index in [0.29, 0.717) is 27.9 Å². The summed E-state index contributed by atoms with van der Waals surface area (Å²) in [5.74, 6) is 0. The van der Waals surface area contributed by atoms with Gasteiger partial charge < -0.3 is 5.32 Å². The maximum Gasteiger partial charge on any atom is 0.207 e. The first-order valence-electron chi connectivity index (χ1n) is 11.9. The molecule has 0 aliphatic carbocycles. The molecule has 2 heterocycles. The molecule has 0 fully saturated rings. The number of benzene rings is 5. The average molecular weight is 524 g/mol. The first-order valence-corrected chi connectivity index (χ1v) is 14.8. The minimum atomic E-state index is -3.85. The molecule has 0 aromatic heterocycles. The largest absolute Gasteiger partial charge is 0.355 e. The van der Waals surface area contributed by atoms with E-state index in [1.807, 2.05) is 56.3 Å². The van der Waals surface area contributed by atoms with Crippen molar-refractivity contribution in [1.82, 2.24) is 0 Å². The fourth-order valence-corrected chi connectivity index (χ4v) is 8.97. The molecule has 0 amide bonds. The maximum absolute atomic E-state index is 13.8. The quantitative estimate of drug-likeness (QED) is 0.269. The lowest BCUT2D eigenvalue weighted by Gasteiger charge is -2.11. The monoisotopic (exact) mass is 523 g/mol. The number of aryl methyl sites for hydroxylation is 2. The van der Waals surface area contributed by atoms with Gasteiger partial charge in [-0.25, -0.2) is 16.8 Å². The van der Waals surface area contributed by atoms with E-state index in [4.69, 9.17) is 0 Å². The van der Waals surface area contributed by atoms with Crippen molar-refractivity contribution >= 4 is 41.8 Å². The summed E-state index contributed by atoms with van der Waals surface area (Å²) in [4.78, 5) is 0.686. The van der Waals surface area contributed by atoms with Gasteiger partial charge in [-0.3, -0.25) is 0 Å². The van der Waals surface area contributed by atoms with Crippen LogP contribution < -0.4 is 5.32 Å². The summed E-state index contributed by atoms with van der Waals surface area (Å²) in [5, 5.41) is 5.01. The van der Waals surface area contributed by atoms with E-state index in [9.17, 15) is 16.8 Å². The molecule has 0 saturated heterocycles. The molecule has 7 rings (SSSR count). The molecule has 0 spiro atoms. The van der Waals surface area contributed by atoms with Gasteiger partial charge in [-0.2, -0.15) is 0 Å². The fraction of sp³-hybridized carbons (Fsp3) is 0.0667. The van der Waals surface area contributed by atoms with Crippen molar-refractivity contribution in [3.63, 3.8) is 0 Å². The molecule has 0 unspecified atom stereocenters. The van der Waals surface area contributed by atoms with Crippen LogP contribution in [0.4, 0.5) is 11.4 Å². The zero-order chi connectivity index (χ0) is 25.7. The highest BCUT2D eigenvalue weighted by Crippen LogP contribution is 2.53. The molecule has 2 aliphatic rings. The minimum Gasteiger partial charge on any atom is -0.355 e. The smallest absolute Gasteiger partial charge is 0.207 e. The van der Waals surface area contributed by atoms with Crippen molar-refractivity contribution in [2.24, 2.45) is 0 Å². The van der Waals surface area contributed by atoms with E-state index in [0.717, 1.165) is 27.6 Å². The molecule has 1 N–H and O–H groups in total. The predicted octanol–water partition coefficient (Wildman–Crippen LogP) is 6.83. The number of anilines is 2. The number of hydrogen-bond donors (Lipinski definition) is 1. The summed E-state index contributed by atoms with van der Waals surface area (Å²) >= 11 is 0. The molecule has 0 saturated carbocycles. The van der Waals surface area contributed by atoms with Gasteiger partial charge in [-0.05, 0) is 66.6 Å². The van der Waals surface area contributed by atoms with Crippen molar-refractivity contribution in [1.29, 1.82) is 0 Å². The van der Waals surface area contributed by atoms with Crippen molar-refractivity contribution in [2.45, 2.75) is 33.4 Å². The van der Waals surface area contributed by atoms with Crippen LogP contribution in [0, 0.1) is 13.8 Å². The Balaban J connectivity index is 1.41. The van der Waals surface area contributed by atoms with Gasteiger partial charge in [0.05, 0.1) is 19.6 Å². The lowest BCUT2D eigenvalue weighted by atomic mass is 9.96. The van der Waals surface area contributed by atoms with Crippen LogP contribution in [0.1, 0.15) is 11.1 Å². The summed E-state index contributed by atoms with van der Waals surface area (Å²) in [6.45, 7) is 4.02. The van der Waals surface area contributed by atoms with E-state index >= 15 is 0 Å². The van der Waals surface area contributed by atoms with Gasteiger partial charge >= 0.3 is 0 Å². The molecule has 0 atom stereocenters. The Hall–Kier alpha value is -3.94. The normalized spacial score (nSPS) is 15.6. The Morgan fingerprint density at radius 2 is 1.30 bits per heavy atom. The molecular weight excluding hydrogens is 502 g/mol. The third-order valence-electron chi connectivity index (χ3n) is 7.33. The second-order valence-corrected chi connectivity index (χ2v) is 13.4. The highest BCUT2D eigenvalue weighted by atomic mass is 32.2. The number of sulfone groups is 2. The van der Waals surface area contributed by atoms with Crippen molar-refractivity contribution in [2.75, 3.05) is 5.32 Å². The van der Waals surface area contributed by atoms with Gasteiger partial charge in [0.15, 0.2) is 0 Å². The first-order chi connectivity index (χ1) is 17.7. The zero-order valence-electron chi connectivity index (χ0n) is 20.0. The minimum absolute atomic E-state index is 0.140. The van der Waals surface area contributed by atoms with Gasteiger partial charge in [0.1, 0.15) is 0 Å². The second kappa shape index (κ2) is 7.31. The summed E-state index contributed by atoms with van der Waals surface area (Å²) in [6.07, 6.45) is 0. The highest BCUT2D eigenvalue weighted by Gasteiger charge is 2.40. The van der Waals surface area contributed by atoms with Crippen LogP contribution in [-0.4, -0.2) is 16.8 Å². The molecule has 5 aromatic carbocycles. The lowest BCUT2D eigenvalue weighted by Crippen LogP contribution is -2.00. The topological polar surface area (TPSA) is 80.3 Å². The van der Waals surface area contributed by atoms with E-state index in [2.05, 4.69) is 11.4 Å². The van der Waals surface area contributed by atoms with Gasteiger partial charge in [-0.15, -0.1) is 0 Å². The van der Waals surface area contributed by atoms with Crippen LogP contribution in [0.3, 0.4) is 0 Å². The molecule has 0 radical (unpaired) electrons. The fourth-order valence-electron chi connectivity index (χ4n) is 5.55. The van der Waals surface area contributed by atoms with Crippen molar-refractivity contribution in [3.8, 4) is 22.3 Å². The third kappa shape index (κ3) is 3.01. The van der Waals surface area contributed by atoms with Crippen LogP contribution >= 0.6 is 0 Å². The maximum atomic E-state index is 13.8. The summed E-state index contributed by atoms with van der Waals surface area (Å²) in [6, 6.07) is 25.3. The molecule has 0 bridgehead atoms. The highest BCUT2D eigenvalue weighted by molar-refractivity contribution is 7.92. The Morgan fingerprint density at radius 3 is 2.11 bits per heavy atom. The lowest BCUT2D eigenvalue weighted by molar-refractivity contribution is 0.596. The SMILES string of the molecule is Cc1ccc(Nc2ccc3c(c2)S(=O)(=O)c2cc4c(cc2-3)S(=O)(=O)c2ccc3ccccc3c2-4)c(C)c1.